The number of nitrogens with one attached hydrogen (secondary N) is 1. The summed E-state index contributed by atoms with van der Waals surface area (Å²) in [6.07, 6.45) is 0. The first-order valence-electron chi connectivity index (χ1n) is 9.12. The van der Waals surface area contributed by atoms with Crippen LogP contribution in [0.1, 0.15) is 47.1 Å². The predicted molar refractivity (Wildman–Crippen MR) is 104 cm³/mol. The number of esters is 1. The van der Waals surface area contributed by atoms with Crippen molar-refractivity contribution < 1.29 is 27.5 Å². The molecule has 0 spiro atoms. The zero-order valence-electron chi connectivity index (χ0n) is 16.3. The minimum atomic E-state index is -3.95. The molecule has 0 aromatic heterocycles. The summed E-state index contributed by atoms with van der Waals surface area (Å²) >= 11 is 0. The molecule has 7 nitrogen and oxygen atoms in total. The lowest BCUT2D eigenvalue weighted by molar-refractivity contribution is -0.125. The zero-order valence-corrected chi connectivity index (χ0v) is 17.1. The first kappa shape index (κ1) is 20.7. The molecule has 2 aromatic carbocycles. The number of carbonyl (C=O) groups excluding carboxylic acids is 3. The molecule has 1 atom stereocenters. The quantitative estimate of drug-likeness (QED) is 0.641. The highest BCUT2D eigenvalue weighted by Crippen LogP contribution is 2.34. The molecule has 0 aliphatic carbocycles. The number of ether oxygens (including phenoxy) is 1. The van der Waals surface area contributed by atoms with Gasteiger partial charge in [-0.25, -0.2) is 13.2 Å². The van der Waals surface area contributed by atoms with Crippen LogP contribution in [0.5, 0.6) is 0 Å². The first-order valence-corrected chi connectivity index (χ1v) is 10.6. The molecule has 152 valence electrons. The van der Waals surface area contributed by atoms with Crippen molar-refractivity contribution in [2.75, 3.05) is 6.61 Å². The van der Waals surface area contributed by atoms with Crippen LogP contribution in [0.2, 0.25) is 0 Å². The minimum Gasteiger partial charge on any atom is -0.452 e. The average molecular weight is 415 g/mol. The molecule has 1 heterocycles. The maximum Gasteiger partial charge on any atom is 0.338 e. The van der Waals surface area contributed by atoms with Crippen LogP contribution < -0.4 is 5.32 Å². The average Bonchev–Trinajstić information content (AvgIpc) is 2.70. The molecule has 2 aromatic rings. The molecule has 0 radical (unpaired) electrons. The van der Waals surface area contributed by atoms with Gasteiger partial charge < -0.3 is 10.1 Å². The number of benzene rings is 2. The third-order valence-corrected chi connectivity index (χ3v) is 6.75. The van der Waals surface area contributed by atoms with Crippen molar-refractivity contribution in [3.63, 3.8) is 0 Å². The van der Waals surface area contributed by atoms with Gasteiger partial charge in [-0.05, 0) is 43.2 Å². The fourth-order valence-corrected chi connectivity index (χ4v) is 4.57. The van der Waals surface area contributed by atoms with E-state index in [2.05, 4.69) is 5.32 Å². The van der Waals surface area contributed by atoms with Gasteiger partial charge in [-0.15, -0.1) is 0 Å². The second-order valence-electron chi connectivity index (χ2n) is 7.22. The molecule has 1 aliphatic rings. The van der Waals surface area contributed by atoms with Crippen LogP contribution in [0.3, 0.4) is 0 Å². The second-order valence-corrected chi connectivity index (χ2v) is 9.10. The Bertz CT molecular complexity index is 1100. The van der Waals surface area contributed by atoms with Gasteiger partial charge in [0, 0.05) is 17.2 Å². The molecule has 0 fully saturated rings. The summed E-state index contributed by atoms with van der Waals surface area (Å²) in [6.45, 7) is 5.25. The first-order chi connectivity index (χ1) is 13.6. The van der Waals surface area contributed by atoms with Gasteiger partial charge in [0.05, 0.1) is 15.4 Å². The van der Waals surface area contributed by atoms with Gasteiger partial charge in [-0.3, -0.25) is 9.59 Å². The molecule has 1 aliphatic heterocycles. The lowest BCUT2D eigenvalue weighted by Gasteiger charge is -2.19. The lowest BCUT2D eigenvalue weighted by atomic mass is 10.0. The number of ketones is 1. The van der Waals surface area contributed by atoms with E-state index in [-0.39, 0.29) is 38.4 Å². The van der Waals surface area contributed by atoms with Gasteiger partial charge >= 0.3 is 5.97 Å². The third kappa shape index (κ3) is 3.93. The van der Waals surface area contributed by atoms with Crippen LogP contribution >= 0.6 is 0 Å². The Morgan fingerprint density at radius 1 is 1.00 bits per heavy atom. The topological polar surface area (TPSA) is 107 Å². The Morgan fingerprint density at radius 3 is 2.34 bits per heavy atom. The van der Waals surface area contributed by atoms with Crippen molar-refractivity contribution in [1.82, 2.24) is 5.32 Å². The van der Waals surface area contributed by atoms with E-state index in [1.54, 1.807) is 6.07 Å². The lowest BCUT2D eigenvalue weighted by Crippen LogP contribution is -2.38. The molecule has 3 rings (SSSR count). The highest BCUT2D eigenvalue weighted by Gasteiger charge is 2.35. The van der Waals surface area contributed by atoms with E-state index in [0.29, 0.717) is 0 Å². The monoisotopic (exact) mass is 415 g/mol. The molecule has 8 heteroatoms. The smallest absolute Gasteiger partial charge is 0.338 e. The highest BCUT2D eigenvalue weighted by molar-refractivity contribution is 7.91. The fourth-order valence-electron chi connectivity index (χ4n) is 2.89. The standard InChI is InChI=1S/C21H21NO6S/c1-12(2)13(3)22-19(23)11-28-21(25)14-8-9-16-18(10-14)29(26,27)17-7-5-4-6-15(17)20(16)24/h4-10,12-13H,11H2,1-3H3,(H,22,23)/t13-/m1/s1. The third-order valence-electron chi connectivity index (χ3n) is 4.90. The Hall–Kier alpha value is -3.00. The van der Waals surface area contributed by atoms with Crippen molar-refractivity contribution in [1.29, 1.82) is 0 Å². The Morgan fingerprint density at radius 2 is 1.66 bits per heavy atom. The minimum absolute atomic E-state index is 0.00347. The molecular weight excluding hydrogens is 394 g/mol. The van der Waals surface area contributed by atoms with Gasteiger partial charge in [-0.2, -0.15) is 0 Å². The zero-order chi connectivity index (χ0) is 21.3. The summed E-state index contributed by atoms with van der Waals surface area (Å²) in [5.41, 5.74) is 0.0548. The van der Waals surface area contributed by atoms with E-state index in [4.69, 9.17) is 4.74 Å². The van der Waals surface area contributed by atoms with Crippen LogP contribution in [0.25, 0.3) is 0 Å². The molecule has 1 N–H and O–H groups in total. The maximum atomic E-state index is 12.9. The van der Waals surface area contributed by atoms with Gasteiger partial charge in [0.1, 0.15) is 0 Å². The number of rotatable bonds is 5. The molecular formula is C21H21NO6S. The highest BCUT2D eigenvalue weighted by atomic mass is 32.2. The summed E-state index contributed by atoms with van der Waals surface area (Å²) in [5, 5.41) is 2.71. The summed E-state index contributed by atoms with van der Waals surface area (Å²) in [6, 6.07) is 9.59. The molecule has 0 saturated heterocycles. The summed E-state index contributed by atoms with van der Waals surface area (Å²) in [7, 11) is -3.95. The summed E-state index contributed by atoms with van der Waals surface area (Å²) < 4.78 is 30.8. The van der Waals surface area contributed by atoms with E-state index in [9.17, 15) is 22.8 Å². The largest absolute Gasteiger partial charge is 0.452 e. The number of hydrogen-bond donors (Lipinski definition) is 1. The van der Waals surface area contributed by atoms with Crippen LogP contribution in [0.15, 0.2) is 52.3 Å². The van der Waals surface area contributed by atoms with Crippen molar-refractivity contribution in [2.24, 2.45) is 5.92 Å². The van der Waals surface area contributed by atoms with Gasteiger partial charge in [-0.1, -0.05) is 26.0 Å². The van der Waals surface area contributed by atoms with Crippen molar-refractivity contribution in [2.45, 2.75) is 36.6 Å². The summed E-state index contributed by atoms with van der Waals surface area (Å²) in [4.78, 5) is 36.5. The number of amides is 1. The maximum absolute atomic E-state index is 12.9. The van der Waals surface area contributed by atoms with Crippen molar-refractivity contribution in [3.05, 3.63) is 59.2 Å². The van der Waals surface area contributed by atoms with E-state index in [1.165, 1.54) is 30.3 Å². The van der Waals surface area contributed by atoms with Crippen LogP contribution in [0, 0.1) is 5.92 Å². The van der Waals surface area contributed by atoms with E-state index < -0.39 is 34.1 Å². The van der Waals surface area contributed by atoms with Crippen LogP contribution in [-0.4, -0.2) is 38.7 Å². The molecule has 1 amide bonds. The van der Waals surface area contributed by atoms with Gasteiger partial charge in [0.15, 0.2) is 12.4 Å². The SMILES string of the molecule is CC(C)[C@@H](C)NC(=O)COC(=O)c1ccc2c(c1)S(=O)(=O)c1ccccc1C2=O. The Labute approximate surface area is 169 Å². The number of carbonyl (C=O) groups is 3. The van der Waals surface area contributed by atoms with E-state index in [0.717, 1.165) is 6.07 Å². The Balaban J connectivity index is 1.82. The summed E-state index contributed by atoms with van der Waals surface area (Å²) in [5.74, 6) is -1.50. The van der Waals surface area contributed by atoms with Gasteiger partial charge in [0.2, 0.25) is 9.84 Å². The second kappa shape index (κ2) is 7.79. The van der Waals surface area contributed by atoms with Crippen LogP contribution in [0.4, 0.5) is 0 Å². The Kier molecular flexibility index (Phi) is 5.57. The van der Waals surface area contributed by atoms with Gasteiger partial charge in [0.25, 0.3) is 5.91 Å². The van der Waals surface area contributed by atoms with E-state index >= 15 is 0 Å². The molecule has 29 heavy (non-hydrogen) atoms. The fraction of sp³-hybridized carbons (Fsp3) is 0.286. The van der Waals surface area contributed by atoms with Crippen LogP contribution in [-0.2, 0) is 19.4 Å². The van der Waals surface area contributed by atoms with E-state index in [1.807, 2.05) is 20.8 Å². The molecule has 0 saturated carbocycles. The number of hydrogen-bond acceptors (Lipinski definition) is 6. The molecule has 0 bridgehead atoms. The predicted octanol–water partition coefficient (Wildman–Crippen LogP) is 2.38. The normalized spacial score (nSPS) is 15.2. The number of sulfone groups is 1. The van der Waals surface area contributed by atoms with Crippen molar-refractivity contribution >= 4 is 27.5 Å². The molecule has 0 unspecified atom stereocenters. The van der Waals surface area contributed by atoms with Crippen molar-refractivity contribution in [3.8, 4) is 0 Å². The number of fused-ring (bicyclic) bond motifs is 2.